The van der Waals surface area contributed by atoms with Crippen molar-refractivity contribution in [2.75, 3.05) is 0 Å². The Kier molecular flexibility index (Phi) is 2.78. The second-order valence-electron chi connectivity index (χ2n) is 9.15. The van der Waals surface area contributed by atoms with Gasteiger partial charge in [0, 0.05) is 6.42 Å². The predicted molar refractivity (Wildman–Crippen MR) is 80.9 cm³/mol. The number of fused-ring (bicyclic) bond motifs is 1. The van der Waals surface area contributed by atoms with Crippen LogP contribution in [0.4, 0.5) is 0 Å². The van der Waals surface area contributed by atoms with Crippen molar-refractivity contribution in [1.82, 2.24) is 0 Å². The van der Waals surface area contributed by atoms with E-state index in [2.05, 4.69) is 6.92 Å². The maximum absolute atomic E-state index is 10.6. The summed E-state index contributed by atoms with van der Waals surface area (Å²) in [6, 6.07) is 0. The number of hydrogen-bond acceptors (Lipinski definition) is 3. The maximum Gasteiger partial charge on any atom is 0.101 e. The molecule has 0 radical (unpaired) electrons. The zero-order chi connectivity index (χ0) is 15.1. The molecule has 4 rings (SSSR count). The van der Waals surface area contributed by atoms with Crippen LogP contribution in [0.5, 0.6) is 0 Å². The molecule has 4 fully saturated rings. The molecule has 3 saturated carbocycles. The molecule has 6 atom stereocenters. The number of epoxide rings is 1. The fourth-order valence-corrected chi connectivity index (χ4v) is 6.07. The van der Waals surface area contributed by atoms with E-state index in [-0.39, 0.29) is 22.7 Å². The molecule has 0 aromatic rings. The summed E-state index contributed by atoms with van der Waals surface area (Å²) in [6.07, 6.45) is 8.41. The van der Waals surface area contributed by atoms with Gasteiger partial charge in [0.25, 0.3) is 0 Å². The lowest BCUT2D eigenvalue weighted by molar-refractivity contribution is -0.102. The summed E-state index contributed by atoms with van der Waals surface area (Å²) in [6.45, 7) is 6.22. The molecule has 4 aliphatic rings. The molecule has 120 valence electrons. The molecule has 1 saturated heterocycles. The van der Waals surface area contributed by atoms with Gasteiger partial charge in [-0.05, 0) is 76.0 Å². The van der Waals surface area contributed by atoms with Crippen LogP contribution in [0.2, 0.25) is 0 Å². The largest absolute Gasteiger partial charge is 0.393 e. The number of aliphatic hydroxyl groups excluding tert-OH is 1. The summed E-state index contributed by atoms with van der Waals surface area (Å²) in [7, 11) is 0. The number of hydrogen-bond donors (Lipinski definition) is 2. The first-order valence-corrected chi connectivity index (χ1v) is 8.82. The summed E-state index contributed by atoms with van der Waals surface area (Å²) in [5.41, 5.74) is -0.449. The van der Waals surface area contributed by atoms with E-state index in [1.54, 1.807) is 0 Å². The Hall–Kier alpha value is -0.120. The second kappa shape index (κ2) is 4.04. The van der Waals surface area contributed by atoms with E-state index in [4.69, 9.17) is 4.74 Å². The van der Waals surface area contributed by atoms with Crippen LogP contribution in [0.1, 0.15) is 72.1 Å². The van der Waals surface area contributed by atoms with Crippen molar-refractivity contribution in [3.05, 3.63) is 0 Å². The smallest absolute Gasteiger partial charge is 0.101 e. The second-order valence-corrected chi connectivity index (χ2v) is 9.15. The molecule has 0 aromatic heterocycles. The molecule has 3 heteroatoms. The van der Waals surface area contributed by atoms with Crippen LogP contribution in [0.15, 0.2) is 0 Å². The van der Waals surface area contributed by atoms with Gasteiger partial charge in [0.1, 0.15) is 11.2 Å². The van der Waals surface area contributed by atoms with Crippen LogP contribution >= 0.6 is 0 Å². The van der Waals surface area contributed by atoms with Gasteiger partial charge in [-0.3, -0.25) is 0 Å². The van der Waals surface area contributed by atoms with Crippen molar-refractivity contribution in [3.63, 3.8) is 0 Å². The van der Waals surface area contributed by atoms with Gasteiger partial charge in [-0.1, -0.05) is 6.92 Å². The molecule has 3 nitrogen and oxygen atoms in total. The van der Waals surface area contributed by atoms with Crippen molar-refractivity contribution in [3.8, 4) is 0 Å². The molecule has 0 amide bonds. The van der Waals surface area contributed by atoms with Crippen molar-refractivity contribution < 1.29 is 14.9 Å². The van der Waals surface area contributed by atoms with E-state index in [0.29, 0.717) is 11.8 Å². The Labute approximate surface area is 128 Å². The normalized spacial score (nSPS) is 56.1. The number of ether oxygens (including phenoxy) is 1. The minimum absolute atomic E-state index is 0.0221. The summed E-state index contributed by atoms with van der Waals surface area (Å²) >= 11 is 0. The minimum Gasteiger partial charge on any atom is -0.393 e. The molecule has 0 spiro atoms. The third kappa shape index (κ3) is 1.77. The van der Waals surface area contributed by atoms with E-state index in [1.165, 1.54) is 12.8 Å². The molecule has 0 bridgehead atoms. The highest BCUT2D eigenvalue weighted by Crippen LogP contribution is 2.71. The van der Waals surface area contributed by atoms with Crippen LogP contribution in [-0.4, -0.2) is 33.1 Å². The Morgan fingerprint density at radius 3 is 2.52 bits per heavy atom. The van der Waals surface area contributed by atoms with E-state index < -0.39 is 5.60 Å². The first-order valence-electron chi connectivity index (χ1n) is 8.82. The molecular formula is C18H30O3. The summed E-state index contributed by atoms with van der Waals surface area (Å²) in [4.78, 5) is 0. The van der Waals surface area contributed by atoms with Gasteiger partial charge >= 0.3 is 0 Å². The Morgan fingerprint density at radius 1 is 1.05 bits per heavy atom. The van der Waals surface area contributed by atoms with E-state index in [1.807, 2.05) is 13.8 Å². The minimum atomic E-state index is -0.600. The molecule has 0 unspecified atom stereocenters. The first kappa shape index (κ1) is 14.5. The Morgan fingerprint density at radius 2 is 1.81 bits per heavy atom. The zero-order valence-corrected chi connectivity index (χ0v) is 13.7. The molecule has 1 aliphatic heterocycles. The molecule has 0 aromatic carbocycles. The lowest BCUT2D eigenvalue weighted by Crippen LogP contribution is -2.53. The van der Waals surface area contributed by atoms with Gasteiger partial charge in [-0.15, -0.1) is 0 Å². The lowest BCUT2D eigenvalue weighted by atomic mass is 9.51. The van der Waals surface area contributed by atoms with E-state index in [0.717, 1.165) is 38.5 Å². The van der Waals surface area contributed by atoms with Crippen molar-refractivity contribution in [2.24, 2.45) is 17.3 Å². The number of rotatable bonds is 1. The Balaban J connectivity index is 1.57. The van der Waals surface area contributed by atoms with Crippen LogP contribution in [0.25, 0.3) is 0 Å². The van der Waals surface area contributed by atoms with Gasteiger partial charge in [-0.2, -0.15) is 0 Å². The van der Waals surface area contributed by atoms with E-state index in [9.17, 15) is 10.2 Å². The fraction of sp³-hybridized carbons (Fsp3) is 1.00. The van der Waals surface area contributed by atoms with Gasteiger partial charge in [0.2, 0.25) is 0 Å². The molecule has 2 N–H and O–H groups in total. The Bertz CT molecular complexity index is 452. The quantitative estimate of drug-likeness (QED) is 0.731. The average Bonchev–Trinajstić information content (AvgIpc) is 3.06. The summed E-state index contributed by atoms with van der Waals surface area (Å²) < 4.78 is 6.39. The van der Waals surface area contributed by atoms with Crippen molar-refractivity contribution in [2.45, 2.75) is 95.0 Å². The summed E-state index contributed by atoms with van der Waals surface area (Å²) in [5, 5.41) is 20.6. The van der Waals surface area contributed by atoms with Crippen LogP contribution in [-0.2, 0) is 4.74 Å². The predicted octanol–water partition coefficient (Wildman–Crippen LogP) is 3.03. The van der Waals surface area contributed by atoms with Crippen LogP contribution in [0, 0.1) is 17.3 Å². The molecule has 1 heterocycles. The van der Waals surface area contributed by atoms with Gasteiger partial charge in [0.05, 0.1) is 11.7 Å². The van der Waals surface area contributed by atoms with Gasteiger partial charge in [-0.25, -0.2) is 0 Å². The number of aliphatic hydroxyl groups is 2. The first-order chi connectivity index (χ1) is 9.72. The van der Waals surface area contributed by atoms with Crippen molar-refractivity contribution in [1.29, 1.82) is 0 Å². The monoisotopic (exact) mass is 294 g/mol. The third-order valence-electron chi connectivity index (χ3n) is 7.81. The molecule has 3 aliphatic carbocycles. The van der Waals surface area contributed by atoms with Crippen LogP contribution in [0.3, 0.4) is 0 Å². The van der Waals surface area contributed by atoms with Crippen LogP contribution < -0.4 is 0 Å². The highest BCUT2D eigenvalue weighted by Gasteiger charge is 2.77. The maximum atomic E-state index is 10.6. The van der Waals surface area contributed by atoms with Crippen molar-refractivity contribution >= 4 is 0 Å². The average molecular weight is 294 g/mol. The zero-order valence-electron chi connectivity index (χ0n) is 13.7. The highest BCUT2D eigenvalue weighted by molar-refractivity contribution is 5.25. The highest BCUT2D eigenvalue weighted by atomic mass is 16.6. The summed E-state index contributed by atoms with van der Waals surface area (Å²) in [5.74, 6) is 1.36. The lowest BCUT2D eigenvalue weighted by Gasteiger charge is -2.53. The standard InChI is InChI=1S/C18H30O3/c1-15(2,20)16(3)7-6-14-12(10-16)4-8-17-11-13(19)5-9-18(14,17)21-17/h12-14,19-20H,4-11H2,1-3H3/t12-,13-,14-,16-,17+,18+/m0/s1. The molecule has 21 heavy (non-hydrogen) atoms. The van der Waals surface area contributed by atoms with Gasteiger partial charge < -0.3 is 14.9 Å². The molecular weight excluding hydrogens is 264 g/mol. The van der Waals surface area contributed by atoms with Gasteiger partial charge in [0.15, 0.2) is 0 Å². The van der Waals surface area contributed by atoms with E-state index >= 15 is 0 Å². The topological polar surface area (TPSA) is 53.0 Å². The fourth-order valence-electron chi connectivity index (χ4n) is 6.07. The SMILES string of the molecule is CC(C)(O)[C@@]1(C)CC[C@H]2[C@@H](CC[C@@]34C[C@@H](O)CC[C@@]23O4)C1. The third-order valence-corrected chi connectivity index (χ3v) is 7.81.